The van der Waals surface area contributed by atoms with Crippen molar-refractivity contribution in [2.45, 2.75) is 12.5 Å². The highest BCUT2D eigenvalue weighted by Crippen LogP contribution is 2.24. The fourth-order valence-electron chi connectivity index (χ4n) is 1.46. The SMILES string of the molecule is Nc1cccc(C(O)C(=O)O)c1CC(=O)CCl. The predicted molar refractivity (Wildman–Crippen MR) is 62.9 cm³/mol. The monoisotopic (exact) mass is 257 g/mol. The van der Waals surface area contributed by atoms with Gasteiger partial charge in [0.05, 0.1) is 5.88 Å². The van der Waals surface area contributed by atoms with E-state index < -0.39 is 12.1 Å². The molecule has 17 heavy (non-hydrogen) atoms. The van der Waals surface area contributed by atoms with Crippen LogP contribution in [0, 0.1) is 0 Å². The first-order chi connectivity index (χ1) is 7.97. The number of Topliss-reactive ketones (excluding diaryl/α,β-unsaturated/α-hetero) is 1. The zero-order valence-electron chi connectivity index (χ0n) is 8.89. The van der Waals surface area contributed by atoms with Crippen LogP contribution in [-0.4, -0.2) is 27.8 Å². The highest BCUT2D eigenvalue weighted by atomic mass is 35.5. The van der Waals surface area contributed by atoms with E-state index >= 15 is 0 Å². The third-order valence-electron chi connectivity index (χ3n) is 2.30. The number of hydrogen-bond donors (Lipinski definition) is 3. The summed E-state index contributed by atoms with van der Waals surface area (Å²) in [6.07, 6.45) is -1.79. The van der Waals surface area contributed by atoms with Crippen LogP contribution in [0.4, 0.5) is 5.69 Å². The van der Waals surface area contributed by atoms with E-state index in [1.54, 1.807) is 0 Å². The molecule has 0 bridgehead atoms. The molecule has 6 heteroatoms. The van der Waals surface area contributed by atoms with Crippen molar-refractivity contribution in [3.8, 4) is 0 Å². The predicted octanol–water partition coefficient (Wildman–Crippen LogP) is 0.737. The van der Waals surface area contributed by atoms with Gasteiger partial charge in [-0.1, -0.05) is 12.1 Å². The zero-order chi connectivity index (χ0) is 13.0. The average molecular weight is 258 g/mol. The lowest BCUT2D eigenvalue weighted by Crippen LogP contribution is -2.16. The molecule has 1 aromatic carbocycles. The van der Waals surface area contributed by atoms with Crippen molar-refractivity contribution in [3.05, 3.63) is 29.3 Å². The van der Waals surface area contributed by atoms with Crippen LogP contribution in [0.1, 0.15) is 17.2 Å². The van der Waals surface area contributed by atoms with Crippen LogP contribution in [0.15, 0.2) is 18.2 Å². The summed E-state index contributed by atoms with van der Waals surface area (Å²) < 4.78 is 0. The maximum atomic E-state index is 11.3. The van der Waals surface area contributed by atoms with Gasteiger partial charge in [0, 0.05) is 12.1 Å². The molecular formula is C11H12ClNO4. The number of ketones is 1. The maximum absolute atomic E-state index is 11.3. The minimum atomic E-state index is -1.70. The summed E-state index contributed by atoms with van der Waals surface area (Å²) in [7, 11) is 0. The van der Waals surface area contributed by atoms with Gasteiger partial charge in [-0.15, -0.1) is 11.6 Å². The van der Waals surface area contributed by atoms with Gasteiger partial charge in [-0.3, -0.25) is 4.79 Å². The van der Waals surface area contributed by atoms with Gasteiger partial charge in [-0.05, 0) is 17.2 Å². The molecule has 1 atom stereocenters. The molecule has 1 unspecified atom stereocenters. The molecule has 0 aromatic heterocycles. The molecule has 5 nitrogen and oxygen atoms in total. The Hall–Kier alpha value is -1.59. The van der Waals surface area contributed by atoms with Crippen molar-refractivity contribution in [1.82, 2.24) is 0 Å². The molecule has 0 aliphatic carbocycles. The Morgan fingerprint density at radius 3 is 2.59 bits per heavy atom. The summed E-state index contributed by atoms with van der Waals surface area (Å²) in [4.78, 5) is 22.0. The lowest BCUT2D eigenvalue weighted by atomic mass is 9.97. The fourth-order valence-corrected chi connectivity index (χ4v) is 1.56. The Kier molecular flexibility index (Phi) is 4.48. The first-order valence-corrected chi connectivity index (χ1v) is 5.36. The minimum Gasteiger partial charge on any atom is -0.479 e. The average Bonchev–Trinajstić information content (AvgIpc) is 2.30. The number of nitrogen functional groups attached to an aromatic ring is 1. The van der Waals surface area contributed by atoms with Crippen LogP contribution in [-0.2, 0) is 16.0 Å². The number of hydrogen-bond acceptors (Lipinski definition) is 4. The van der Waals surface area contributed by atoms with E-state index in [0.29, 0.717) is 5.56 Å². The van der Waals surface area contributed by atoms with Crippen LogP contribution in [0.25, 0.3) is 0 Å². The first kappa shape index (κ1) is 13.5. The van der Waals surface area contributed by atoms with Crippen molar-refractivity contribution in [1.29, 1.82) is 0 Å². The molecule has 0 heterocycles. The normalized spacial score (nSPS) is 12.1. The molecule has 0 spiro atoms. The molecule has 4 N–H and O–H groups in total. The van der Waals surface area contributed by atoms with Gasteiger partial charge in [-0.2, -0.15) is 0 Å². The number of aliphatic hydroxyl groups is 1. The summed E-state index contributed by atoms with van der Waals surface area (Å²) in [5, 5.41) is 18.2. The highest BCUT2D eigenvalue weighted by molar-refractivity contribution is 6.27. The molecule has 0 fully saturated rings. The second-order valence-electron chi connectivity index (χ2n) is 3.50. The summed E-state index contributed by atoms with van der Waals surface area (Å²) in [5.74, 6) is -1.87. The molecule has 1 rings (SSSR count). The van der Waals surface area contributed by atoms with Crippen molar-refractivity contribution in [2.75, 3.05) is 11.6 Å². The van der Waals surface area contributed by atoms with Gasteiger partial charge >= 0.3 is 5.97 Å². The van der Waals surface area contributed by atoms with Gasteiger partial charge in [-0.25, -0.2) is 4.79 Å². The van der Waals surface area contributed by atoms with Gasteiger partial charge in [0.1, 0.15) is 0 Å². The van der Waals surface area contributed by atoms with Crippen LogP contribution >= 0.6 is 11.6 Å². The quantitative estimate of drug-likeness (QED) is 0.533. The molecule has 0 aliphatic rings. The molecular weight excluding hydrogens is 246 g/mol. The van der Waals surface area contributed by atoms with Crippen molar-refractivity contribution in [3.63, 3.8) is 0 Å². The number of carboxylic acids is 1. The van der Waals surface area contributed by atoms with Gasteiger partial charge < -0.3 is 15.9 Å². The Labute approximate surface area is 103 Å². The van der Waals surface area contributed by atoms with E-state index in [9.17, 15) is 14.7 Å². The van der Waals surface area contributed by atoms with Crippen molar-refractivity contribution in [2.24, 2.45) is 0 Å². The van der Waals surface area contributed by atoms with E-state index in [4.69, 9.17) is 22.4 Å². The largest absolute Gasteiger partial charge is 0.479 e. The van der Waals surface area contributed by atoms with Crippen LogP contribution in [0.5, 0.6) is 0 Å². The molecule has 0 radical (unpaired) electrons. The van der Waals surface area contributed by atoms with E-state index in [2.05, 4.69) is 0 Å². The van der Waals surface area contributed by atoms with E-state index in [1.807, 2.05) is 0 Å². The molecule has 92 valence electrons. The third-order valence-corrected chi connectivity index (χ3v) is 2.60. The van der Waals surface area contributed by atoms with E-state index in [1.165, 1.54) is 18.2 Å². The Morgan fingerprint density at radius 1 is 1.41 bits per heavy atom. The Morgan fingerprint density at radius 2 is 2.06 bits per heavy atom. The second kappa shape index (κ2) is 5.65. The van der Waals surface area contributed by atoms with Crippen LogP contribution < -0.4 is 5.73 Å². The van der Waals surface area contributed by atoms with Gasteiger partial charge in [0.15, 0.2) is 11.9 Å². The Bertz CT molecular complexity index is 447. The molecule has 0 saturated heterocycles. The molecule has 0 saturated carbocycles. The topological polar surface area (TPSA) is 101 Å². The first-order valence-electron chi connectivity index (χ1n) is 4.83. The number of aliphatic hydroxyl groups excluding tert-OH is 1. The number of benzene rings is 1. The lowest BCUT2D eigenvalue weighted by molar-refractivity contribution is -0.147. The number of nitrogens with two attached hydrogens (primary N) is 1. The zero-order valence-corrected chi connectivity index (χ0v) is 9.65. The number of carbonyl (C=O) groups is 2. The lowest BCUT2D eigenvalue weighted by Gasteiger charge is -2.13. The maximum Gasteiger partial charge on any atom is 0.337 e. The summed E-state index contributed by atoms with van der Waals surface area (Å²) >= 11 is 5.38. The Balaban J connectivity index is 3.17. The summed E-state index contributed by atoms with van der Waals surface area (Å²) in [6, 6.07) is 4.48. The number of carbonyl (C=O) groups excluding carboxylic acids is 1. The fraction of sp³-hybridized carbons (Fsp3) is 0.273. The van der Waals surface area contributed by atoms with Gasteiger partial charge in [0.2, 0.25) is 0 Å². The smallest absolute Gasteiger partial charge is 0.337 e. The number of rotatable bonds is 5. The van der Waals surface area contributed by atoms with E-state index in [-0.39, 0.29) is 29.3 Å². The van der Waals surface area contributed by atoms with E-state index in [0.717, 1.165) is 0 Å². The molecule has 1 aromatic rings. The van der Waals surface area contributed by atoms with Gasteiger partial charge in [0.25, 0.3) is 0 Å². The number of carboxylic acid groups (broad SMARTS) is 1. The summed E-state index contributed by atoms with van der Waals surface area (Å²) in [5.41, 5.74) is 6.36. The standard InChI is InChI=1S/C11H12ClNO4/c12-5-6(14)4-8-7(10(15)11(16)17)2-1-3-9(8)13/h1-3,10,15H,4-5,13H2,(H,16,17). The van der Waals surface area contributed by atoms with Crippen LogP contribution in [0.3, 0.4) is 0 Å². The van der Waals surface area contributed by atoms with Crippen molar-refractivity contribution >= 4 is 29.0 Å². The number of aliphatic carboxylic acids is 1. The number of halogens is 1. The molecule has 0 amide bonds. The summed E-state index contributed by atoms with van der Waals surface area (Å²) in [6.45, 7) is 0. The number of alkyl halides is 1. The van der Waals surface area contributed by atoms with Crippen molar-refractivity contribution < 1.29 is 19.8 Å². The number of anilines is 1. The highest BCUT2D eigenvalue weighted by Gasteiger charge is 2.21. The molecule has 0 aliphatic heterocycles. The minimum absolute atomic E-state index is 0.0875. The van der Waals surface area contributed by atoms with Crippen LogP contribution in [0.2, 0.25) is 0 Å². The second-order valence-corrected chi connectivity index (χ2v) is 3.77. The third kappa shape index (κ3) is 3.18.